The Balaban J connectivity index is 2.35. The maximum Gasteiger partial charge on any atom is 0.358 e. The van der Waals surface area contributed by atoms with Gasteiger partial charge in [0.25, 0.3) is 0 Å². The van der Waals surface area contributed by atoms with Gasteiger partial charge in [0.05, 0.1) is 6.61 Å². The van der Waals surface area contributed by atoms with E-state index in [1.54, 1.807) is 6.20 Å². The average Bonchev–Trinajstić information content (AvgIpc) is 2.43. The summed E-state index contributed by atoms with van der Waals surface area (Å²) >= 11 is 0. The predicted molar refractivity (Wildman–Crippen MR) is 73.7 cm³/mol. The Bertz CT molecular complexity index is 581. The second kappa shape index (κ2) is 6.18. The van der Waals surface area contributed by atoms with Crippen LogP contribution in [0.15, 0.2) is 30.5 Å². The number of carbonyl (C=O) groups is 1. The molecule has 0 atom stereocenters. The second-order valence-corrected chi connectivity index (χ2v) is 4.38. The van der Waals surface area contributed by atoms with E-state index in [4.69, 9.17) is 4.74 Å². The number of nitrogens with zero attached hydrogens (tertiary/aromatic N) is 1. The van der Waals surface area contributed by atoms with Gasteiger partial charge < -0.3 is 9.84 Å². The van der Waals surface area contributed by atoms with Crippen molar-refractivity contribution in [3.63, 3.8) is 0 Å². The minimum Gasteiger partial charge on any atom is -0.490 e. The Labute approximate surface area is 112 Å². The highest BCUT2D eigenvalue weighted by atomic mass is 16.5. The van der Waals surface area contributed by atoms with Crippen molar-refractivity contribution in [3.05, 3.63) is 36.2 Å². The fourth-order valence-corrected chi connectivity index (χ4v) is 1.96. The van der Waals surface area contributed by atoms with E-state index in [1.165, 1.54) is 0 Å². The lowest BCUT2D eigenvalue weighted by atomic mass is 10.1. The van der Waals surface area contributed by atoms with E-state index in [0.29, 0.717) is 12.4 Å². The summed E-state index contributed by atoms with van der Waals surface area (Å²) in [5.74, 6) is -0.682. The summed E-state index contributed by atoms with van der Waals surface area (Å²) in [7, 11) is 0. The largest absolute Gasteiger partial charge is 0.490 e. The number of carboxylic acids is 1. The van der Waals surface area contributed by atoms with E-state index in [9.17, 15) is 9.90 Å². The van der Waals surface area contributed by atoms with Crippen molar-refractivity contribution in [3.8, 4) is 5.75 Å². The van der Waals surface area contributed by atoms with Crippen molar-refractivity contribution in [1.82, 2.24) is 4.98 Å². The number of pyridine rings is 1. The van der Waals surface area contributed by atoms with Crippen molar-refractivity contribution in [2.45, 2.75) is 26.2 Å². The summed E-state index contributed by atoms with van der Waals surface area (Å²) in [5, 5.41) is 10.9. The molecule has 0 fully saturated rings. The van der Waals surface area contributed by atoms with E-state index in [2.05, 4.69) is 11.9 Å². The van der Waals surface area contributed by atoms with Gasteiger partial charge in [0.15, 0.2) is 11.4 Å². The Hall–Kier alpha value is -2.10. The molecule has 2 aromatic rings. The summed E-state index contributed by atoms with van der Waals surface area (Å²) in [6, 6.07) is 7.52. The van der Waals surface area contributed by atoms with Gasteiger partial charge in [-0.2, -0.15) is 0 Å². The summed E-state index contributed by atoms with van der Waals surface area (Å²) in [6.45, 7) is 2.63. The number of hydrogen-bond acceptors (Lipinski definition) is 3. The molecule has 1 heterocycles. The summed E-state index contributed by atoms with van der Waals surface area (Å²) in [5.41, 5.74) is -0.0183. The fourth-order valence-electron chi connectivity index (χ4n) is 1.96. The first-order valence-corrected chi connectivity index (χ1v) is 6.48. The first kappa shape index (κ1) is 13.3. The lowest BCUT2D eigenvalue weighted by Crippen LogP contribution is -2.07. The monoisotopic (exact) mass is 259 g/mol. The number of rotatable bonds is 6. The molecule has 2 rings (SSSR count). The molecule has 0 unspecified atom stereocenters. The van der Waals surface area contributed by atoms with Gasteiger partial charge in [0.2, 0.25) is 0 Å². The Morgan fingerprint density at radius 1 is 1.32 bits per heavy atom. The van der Waals surface area contributed by atoms with Crippen LogP contribution >= 0.6 is 0 Å². The minimum atomic E-state index is -1.06. The molecular formula is C15H17NO3. The van der Waals surface area contributed by atoms with E-state index in [1.807, 2.05) is 24.3 Å². The van der Waals surface area contributed by atoms with Crippen LogP contribution in [0.5, 0.6) is 5.75 Å². The van der Waals surface area contributed by atoms with Crippen molar-refractivity contribution in [2.75, 3.05) is 6.61 Å². The van der Waals surface area contributed by atoms with Crippen LogP contribution in [0.25, 0.3) is 10.8 Å². The molecule has 1 aromatic heterocycles. The molecule has 0 bridgehead atoms. The molecule has 4 heteroatoms. The summed E-state index contributed by atoms with van der Waals surface area (Å²) in [6.07, 6.45) is 4.65. The molecular weight excluding hydrogens is 242 g/mol. The molecule has 4 nitrogen and oxygen atoms in total. The molecule has 0 radical (unpaired) electrons. The number of ether oxygens (including phenoxy) is 1. The minimum absolute atomic E-state index is 0.0183. The lowest BCUT2D eigenvalue weighted by molar-refractivity contribution is 0.0685. The number of hydrogen-bond donors (Lipinski definition) is 1. The van der Waals surface area contributed by atoms with Gasteiger partial charge >= 0.3 is 5.97 Å². The molecule has 1 aromatic carbocycles. The van der Waals surface area contributed by atoms with E-state index in [0.717, 1.165) is 30.0 Å². The molecule has 0 saturated heterocycles. The second-order valence-electron chi connectivity index (χ2n) is 4.38. The highest BCUT2D eigenvalue weighted by Gasteiger charge is 2.16. The number of aromatic nitrogens is 1. The third-order valence-electron chi connectivity index (χ3n) is 2.95. The standard InChI is InChI=1S/C15H17NO3/c1-2-3-6-9-19-14-12-8-5-4-7-11(12)10-16-13(14)15(17)18/h4-5,7-8,10H,2-3,6,9H2,1H3,(H,17,18). The zero-order valence-corrected chi connectivity index (χ0v) is 10.9. The number of carboxylic acid groups (broad SMARTS) is 1. The highest BCUT2D eigenvalue weighted by Crippen LogP contribution is 2.28. The van der Waals surface area contributed by atoms with Crippen LogP contribution in [0.2, 0.25) is 0 Å². The molecule has 0 aliphatic carbocycles. The maximum atomic E-state index is 11.2. The van der Waals surface area contributed by atoms with Crippen LogP contribution in [0, 0.1) is 0 Å². The number of benzene rings is 1. The summed E-state index contributed by atoms with van der Waals surface area (Å²) in [4.78, 5) is 15.2. The molecule has 100 valence electrons. The third kappa shape index (κ3) is 3.02. The lowest BCUT2D eigenvalue weighted by Gasteiger charge is -2.11. The van der Waals surface area contributed by atoms with Crippen LogP contribution in [-0.4, -0.2) is 22.7 Å². The smallest absolute Gasteiger partial charge is 0.358 e. The Morgan fingerprint density at radius 3 is 2.84 bits per heavy atom. The van der Waals surface area contributed by atoms with Crippen LogP contribution in [0.4, 0.5) is 0 Å². The first-order valence-electron chi connectivity index (χ1n) is 6.48. The quantitative estimate of drug-likeness (QED) is 0.806. The Kier molecular flexibility index (Phi) is 4.34. The normalized spacial score (nSPS) is 10.6. The zero-order valence-electron chi connectivity index (χ0n) is 10.9. The molecule has 1 N–H and O–H groups in total. The number of unbranched alkanes of at least 4 members (excludes halogenated alkanes) is 2. The average molecular weight is 259 g/mol. The van der Waals surface area contributed by atoms with Crippen LogP contribution < -0.4 is 4.74 Å². The van der Waals surface area contributed by atoms with Gasteiger partial charge in [0, 0.05) is 17.0 Å². The van der Waals surface area contributed by atoms with Gasteiger partial charge in [-0.1, -0.05) is 44.0 Å². The highest BCUT2D eigenvalue weighted by molar-refractivity contribution is 5.98. The predicted octanol–water partition coefficient (Wildman–Crippen LogP) is 3.50. The van der Waals surface area contributed by atoms with Gasteiger partial charge in [0.1, 0.15) is 0 Å². The van der Waals surface area contributed by atoms with Crippen molar-refractivity contribution >= 4 is 16.7 Å². The SMILES string of the molecule is CCCCCOc1c(C(=O)O)ncc2ccccc12. The first-order chi connectivity index (χ1) is 9.24. The molecule has 19 heavy (non-hydrogen) atoms. The molecule has 0 saturated carbocycles. The summed E-state index contributed by atoms with van der Waals surface area (Å²) < 4.78 is 5.67. The third-order valence-corrected chi connectivity index (χ3v) is 2.95. The van der Waals surface area contributed by atoms with Crippen LogP contribution in [-0.2, 0) is 0 Å². The van der Waals surface area contributed by atoms with Gasteiger partial charge in [-0.05, 0) is 6.42 Å². The van der Waals surface area contributed by atoms with Gasteiger partial charge in [-0.25, -0.2) is 9.78 Å². The van der Waals surface area contributed by atoms with Crippen molar-refractivity contribution < 1.29 is 14.6 Å². The molecule has 0 aliphatic heterocycles. The van der Waals surface area contributed by atoms with Crippen molar-refractivity contribution in [2.24, 2.45) is 0 Å². The number of aromatic carboxylic acids is 1. The van der Waals surface area contributed by atoms with Crippen LogP contribution in [0.1, 0.15) is 36.7 Å². The fraction of sp³-hybridized carbons (Fsp3) is 0.333. The Morgan fingerprint density at radius 2 is 2.11 bits per heavy atom. The van der Waals surface area contributed by atoms with E-state index in [-0.39, 0.29) is 5.69 Å². The zero-order chi connectivity index (χ0) is 13.7. The molecule has 0 spiro atoms. The molecule has 0 aliphatic rings. The van der Waals surface area contributed by atoms with Crippen LogP contribution in [0.3, 0.4) is 0 Å². The number of fused-ring (bicyclic) bond motifs is 1. The van der Waals surface area contributed by atoms with E-state index >= 15 is 0 Å². The van der Waals surface area contributed by atoms with Gasteiger partial charge in [-0.15, -0.1) is 0 Å². The van der Waals surface area contributed by atoms with Crippen molar-refractivity contribution in [1.29, 1.82) is 0 Å². The van der Waals surface area contributed by atoms with Gasteiger partial charge in [-0.3, -0.25) is 0 Å². The van der Waals surface area contributed by atoms with E-state index < -0.39 is 5.97 Å². The maximum absolute atomic E-state index is 11.2. The molecule has 0 amide bonds. The topological polar surface area (TPSA) is 59.4 Å².